The molecule has 0 saturated carbocycles. The summed E-state index contributed by atoms with van der Waals surface area (Å²) in [6.45, 7) is 0. The van der Waals surface area contributed by atoms with Crippen molar-refractivity contribution in [2.45, 2.75) is 0 Å². The van der Waals surface area contributed by atoms with Crippen LogP contribution in [0.1, 0.15) is 0 Å². The highest BCUT2D eigenvalue weighted by atomic mass is 16.3. The molecule has 0 aliphatic carbocycles. The van der Waals surface area contributed by atoms with Crippen LogP contribution in [0.2, 0.25) is 0 Å². The highest BCUT2D eigenvalue weighted by molar-refractivity contribution is 6.32. The van der Waals surface area contributed by atoms with Gasteiger partial charge in [-0.05, 0) is 12.1 Å². The second-order valence-electron chi connectivity index (χ2n) is 1.59. The maximum Gasteiger partial charge on any atom is 0.114 e. The molecule has 1 aromatic rings. The second kappa shape index (κ2) is 4.84. The van der Waals surface area contributed by atoms with Gasteiger partial charge in [0.25, 0.3) is 0 Å². The van der Waals surface area contributed by atoms with Gasteiger partial charge in [-0.3, -0.25) is 0 Å². The van der Waals surface area contributed by atoms with E-state index < -0.39 is 0 Å². The summed E-state index contributed by atoms with van der Waals surface area (Å²) in [6.07, 6.45) is 0. The molecule has 1 rings (SSSR count). The van der Waals surface area contributed by atoms with E-state index in [0.717, 1.165) is 0 Å². The summed E-state index contributed by atoms with van der Waals surface area (Å²) in [7, 11) is 5.30. The molecule has 10 heavy (non-hydrogen) atoms. The van der Waals surface area contributed by atoms with Gasteiger partial charge in [-0.25, -0.2) is 0 Å². The third-order valence-electron chi connectivity index (χ3n) is 0.870. The first-order chi connectivity index (χ1) is 3.79. The summed E-state index contributed by atoms with van der Waals surface area (Å²) in [4.78, 5) is 0. The molecule has 0 saturated heterocycles. The molecule has 0 spiro atoms. The van der Waals surface area contributed by atoms with Crippen LogP contribution in [0, 0.1) is 0 Å². The molecule has 5 N–H and O–H groups in total. The number of rotatable bonds is 0. The molecule has 0 unspecified atom stereocenters. The zero-order chi connectivity index (χ0) is 5.98. The highest BCUT2D eigenvalue weighted by Crippen LogP contribution is 2.00. The third kappa shape index (κ3) is 3.12. The fourth-order valence-electron chi connectivity index (χ4n) is 0.525. The predicted octanol–water partition coefficient (Wildman–Crippen LogP) is -1.46. The van der Waals surface area contributed by atoms with Gasteiger partial charge in [0.2, 0.25) is 0 Å². The molecular weight excluding hydrogens is 131 g/mol. The fourth-order valence-corrected chi connectivity index (χ4v) is 0.525. The molecule has 0 bridgehead atoms. The minimum atomic E-state index is 0. The van der Waals surface area contributed by atoms with E-state index in [-0.39, 0.29) is 16.7 Å². The van der Waals surface area contributed by atoms with Gasteiger partial charge in [-0.2, -0.15) is 0 Å². The van der Waals surface area contributed by atoms with Crippen molar-refractivity contribution in [1.29, 1.82) is 0 Å². The van der Waals surface area contributed by atoms with Gasteiger partial charge < -0.3 is 16.1 Å². The Morgan fingerprint density at radius 1 is 1.20 bits per heavy atom. The smallest absolute Gasteiger partial charge is 0.114 e. The van der Waals surface area contributed by atoms with E-state index in [1.54, 1.807) is 18.2 Å². The molecule has 3 nitrogen and oxygen atoms in total. The number of phenols is 1. The van der Waals surface area contributed by atoms with Gasteiger partial charge in [0, 0.05) is 0 Å². The maximum absolute atomic E-state index is 8.73. The molecule has 0 aliphatic heterocycles. The zero-order valence-corrected chi connectivity index (χ0v) is 5.33. The van der Waals surface area contributed by atoms with Crippen molar-refractivity contribution in [1.82, 2.24) is 0 Å². The molecule has 0 aliphatic rings. The standard InChI is InChI=1S/C6H5BO.2H2O/c7-5-2-1-3-6(8)4-5;;/h1-4,8H;2*1H2. The minimum absolute atomic E-state index is 0. The molecule has 1 aromatic carbocycles. The zero-order valence-electron chi connectivity index (χ0n) is 5.33. The quantitative estimate of drug-likeness (QED) is 0.438. The van der Waals surface area contributed by atoms with Crippen LogP contribution in [-0.4, -0.2) is 23.9 Å². The lowest BCUT2D eigenvalue weighted by Gasteiger charge is -1.90. The molecule has 54 valence electrons. The van der Waals surface area contributed by atoms with Crippen molar-refractivity contribution in [3.05, 3.63) is 24.3 Å². The van der Waals surface area contributed by atoms with Crippen molar-refractivity contribution >= 4 is 13.3 Å². The topological polar surface area (TPSA) is 83.2 Å². The number of benzene rings is 1. The average molecular weight is 140 g/mol. The normalized spacial score (nSPS) is 7.20. The van der Waals surface area contributed by atoms with Crippen LogP contribution >= 0.6 is 0 Å². The van der Waals surface area contributed by atoms with Crippen molar-refractivity contribution in [3.8, 4) is 5.75 Å². The van der Waals surface area contributed by atoms with Crippen LogP contribution in [0.25, 0.3) is 0 Å². The van der Waals surface area contributed by atoms with Crippen LogP contribution in [-0.2, 0) is 0 Å². The van der Waals surface area contributed by atoms with Crippen molar-refractivity contribution in [2.24, 2.45) is 0 Å². The average Bonchev–Trinajstić information content (AvgIpc) is 1.64. The van der Waals surface area contributed by atoms with E-state index in [9.17, 15) is 0 Å². The molecule has 0 atom stereocenters. The van der Waals surface area contributed by atoms with Gasteiger partial charge in [0.15, 0.2) is 0 Å². The first-order valence-corrected chi connectivity index (χ1v) is 2.33. The van der Waals surface area contributed by atoms with E-state index in [1.807, 2.05) is 0 Å². The predicted molar refractivity (Wildman–Crippen MR) is 40.7 cm³/mol. The fraction of sp³-hybridized carbons (Fsp3) is 0. The van der Waals surface area contributed by atoms with Gasteiger partial charge in [0.05, 0.1) is 0 Å². The Hall–Kier alpha value is -0.995. The Labute approximate surface area is 60.3 Å². The Balaban J connectivity index is 0. The SMILES string of the molecule is O.O.[B]c1cccc(O)c1. The number of hydrogen-bond donors (Lipinski definition) is 1. The van der Waals surface area contributed by atoms with Crippen LogP contribution in [0.4, 0.5) is 0 Å². The van der Waals surface area contributed by atoms with Crippen molar-refractivity contribution in [3.63, 3.8) is 0 Å². The Bertz CT molecular complexity index is 173. The van der Waals surface area contributed by atoms with E-state index in [1.165, 1.54) is 6.07 Å². The summed E-state index contributed by atoms with van der Waals surface area (Å²) in [5.74, 6) is 0.213. The molecule has 0 heterocycles. The summed E-state index contributed by atoms with van der Waals surface area (Å²) < 4.78 is 0. The van der Waals surface area contributed by atoms with Gasteiger partial charge >= 0.3 is 0 Å². The van der Waals surface area contributed by atoms with Crippen LogP contribution in [0.15, 0.2) is 24.3 Å². The monoisotopic (exact) mass is 140 g/mol. The van der Waals surface area contributed by atoms with Crippen LogP contribution in [0.5, 0.6) is 5.75 Å². The lowest BCUT2D eigenvalue weighted by molar-refractivity contribution is 0.476. The van der Waals surface area contributed by atoms with E-state index in [2.05, 4.69) is 0 Å². The number of phenolic OH excluding ortho intramolecular Hbond substituents is 1. The minimum Gasteiger partial charge on any atom is -0.508 e. The van der Waals surface area contributed by atoms with Gasteiger partial charge in [0.1, 0.15) is 13.6 Å². The molecule has 0 amide bonds. The highest BCUT2D eigenvalue weighted by Gasteiger charge is 1.82. The number of hydrogen-bond acceptors (Lipinski definition) is 1. The summed E-state index contributed by atoms with van der Waals surface area (Å²) >= 11 is 0. The molecule has 0 aromatic heterocycles. The summed E-state index contributed by atoms with van der Waals surface area (Å²) in [5.41, 5.74) is 0.588. The molecule has 4 heteroatoms. The Kier molecular flexibility index (Phi) is 5.70. The van der Waals surface area contributed by atoms with E-state index >= 15 is 0 Å². The first kappa shape index (κ1) is 11.8. The lowest BCUT2D eigenvalue weighted by Crippen LogP contribution is -1.97. The van der Waals surface area contributed by atoms with Crippen molar-refractivity contribution < 1.29 is 16.1 Å². The van der Waals surface area contributed by atoms with E-state index in [4.69, 9.17) is 13.0 Å². The first-order valence-electron chi connectivity index (χ1n) is 2.33. The van der Waals surface area contributed by atoms with Crippen LogP contribution in [0.3, 0.4) is 0 Å². The number of aromatic hydroxyl groups is 1. The third-order valence-corrected chi connectivity index (χ3v) is 0.870. The lowest BCUT2D eigenvalue weighted by atomic mass is 9.97. The second-order valence-corrected chi connectivity index (χ2v) is 1.59. The maximum atomic E-state index is 8.73. The molecular formula is C6H9BO3. The van der Waals surface area contributed by atoms with Crippen molar-refractivity contribution in [2.75, 3.05) is 0 Å². The summed E-state index contributed by atoms with van der Waals surface area (Å²) in [6, 6.07) is 6.50. The van der Waals surface area contributed by atoms with E-state index in [0.29, 0.717) is 5.46 Å². The van der Waals surface area contributed by atoms with Crippen LogP contribution < -0.4 is 5.46 Å². The van der Waals surface area contributed by atoms with Gasteiger partial charge in [-0.15, -0.1) is 0 Å². The summed E-state index contributed by atoms with van der Waals surface area (Å²) in [5, 5.41) is 8.73. The molecule has 0 fully saturated rings. The Morgan fingerprint density at radius 2 is 1.80 bits per heavy atom. The van der Waals surface area contributed by atoms with Gasteiger partial charge in [-0.1, -0.05) is 17.6 Å². The molecule has 2 radical (unpaired) electrons. The Morgan fingerprint density at radius 3 is 2.10 bits per heavy atom. The largest absolute Gasteiger partial charge is 0.508 e.